The summed E-state index contributed by atoms with van der Waals surface area (Å²) in [6.07, 6.45) is 2.57. The molecule has 0 bridgehead atoms. The van der Waals surface area contributed by atoms with Crippen molar-refractivity contribution in [3.8, 4) is 0 Å². The summed E-state index contributed by atoms with van der Waals surface area (Å²) in [6, 6.07) is 6.91. The Hall–Kier alpha value is -1.26. The van der Waals surface area contributed by atoms with E-state index in [2.05, 4.69) is 40.8 Å². The molecule has 0 aromatic heterocycles. The van der Waals surface area contributed by atoms with Crippen LogP contribution in [0.1, 0.15) is 18.4 Å². The maximum absolute atomic E-state index is 6.12. The van der Waals surface area contributed by atoms with Gasteiger partial charge in [-0.25, -0.2) is 0 Å². The third kappa shape index (κ3) is 2.42. The first-order valence-corrected chi connectivity index (χ1v) is 7.08. The molecule has 2 aliphatic rings. The van der Waals surface area contributed by atoms with Crippen molar-refractivity contribution in [2.75, 3.05) is 38.2 Å². The summed E-state index contributed by atoms with van der Waals surface area (Å²) in [7, 11) is 4.15. The predicted molar refractivity (Wildman–Crippen MR) is 80.2 cm³/mol. The summed E-state index contributed by atoms with van der Waals surface area (Å²) in [5.41, 5.74) is 9.92. The highest BCUT2D eigenvalue weighted by Crippen LogP contribution is 2.48. The first-order valence-electron chi connectivity index (χ1n) is 7.08. The minimum atomic E-state index is 0.603. The lowest BCUT2D eigenvalue weighted by atomic mass is 9.61. The van der Waals surface area contributed by atoms with Gasteiger partial charge in [0.1, 0.15) is 0 Å². The molecular formula is C15H24N4. The molecule has 0 radical (unpaired) electrons. The van der Waals surface area contributed by atoms with E-state index < -0.39 is 0 Å². The lowest BCUT2D eigenvalue weighted by Crippen LogP contribution is -2.63. The molecule has 0 unspecified atom stereocenters. The molecule has 1 heterocycles. The molecule has 0 atom stereocenters. The molecule has 2 fully saturated rings. The fraction of sp³-hybridized carbons (Fsp3) is 0.600. The van der Waals surface area contributed by atoms with Gasteiger partial charge in [-0.05, 0) is 50.0 Å². The van der Waals surface area contributed by atoms with E-state index in [-0.39, 0.29) is 0 Å². The van der Waals surface area contributed by atoms with E-state index in [1.54, 1.807) is 0 Å². The van der Waals surface area contributed by atoms with Gasteiger partial charge in [0.15, 0.2) is 0 Å². The average Bonchev–Trinajstić information content (AvgIpc) is 2.28. The number of nitrogens with zero attached hydrogens (tertiary/aromatic N) is 1. The van der Waals surface area contributed by atoms with Gasteiger partial charge in [-0.1, -0.05) is 6.07 Å². The van der Waals surface area contributed by atoms with Crippen molar-refractivity contribution in [2.45, 2.75) is 25.4 Å². The lowest BCUT2D eigenvalue weighted by Gasteiger charge is -2.58. The van der Waals surface area contributed by atoms with Crippen LogP contribution in [0.5, 0.6) is 0 Å². The van der Waals surface area contributed by atoms with Crippen LogP contribution in [-0.2, 0) is 6.54 Å². The number of nitrogens with one attached hydrogen (secondary N) is 2. The van der Waals surface area contributed by atoms with Crippen LogP contribution in [0.3, 0.4) is 0 Å². The number of likely N-dealkylation sites (tertiary alicyclic amines) is 1. The van der Waals surface area contributed by atoms with Crippen molar-refractivity contribution >= 4 is 11.4 Å². The Morgan fingerprint density at radius 2 is 2.11 bits per heavy atom. The topological polar surface area (TPSA) is 53.3 Å². The Morgan fingerprint density at radius 3 is 2.68 bits per heavy atom. The molecule has 1 saturated heterocycles. The smallest absolute Gasteiger partial charge is 0.0576 e. The Morgan fingerprint density at radius 1 is 1.37 bits per heavy atom. The Labute approximate surface area is 115 Å². The first kappa shape index (κ1) is 12.8. The second kappa shape index (κ2) is 4.69. The second-order valence-electron chi connectivity index (χ2n) is 6.37. The minimum Gasteiger partial charge on any atom is -0.397 e. The van der Waals surface area contributed by atoms with E-state index in [0.717, 1.165) is 17.9 Å². The Bertz CT molecular complexity index is 457. The van der Waals surface area contributed by atoms with Gasteiger partial charge in [-0.3, -0.25) is 0 Å². The van der Waals surface area contributed by atoms with Crippen LogP contribution in [0.25, 0.3) is 0 Å². The van der Waals surface area contributed by atoms with Crippen molar-refractivity contribution < 1.29 is 0 Å². The highest BCUT2D eigenvalue weighted by molar-refractivity contribution is 5.67. The van der Waals surface area contributed by atoms with Gasteiger partial charge >= 0.3 is 0 Å². The molecular weight excluding hydrogens is 236 g/mol. The summed E-state index contributed by atoms with van der Waals surface area (Å²) < 4.78 is 0. The number of nitrogens with two attached hydrogens (primary N) is 1. The Balaban J connectivity index is 1.56. The third-order valence-electron chi connectivity index (χ3n) is 4.43. The fourth-order valence-electron chi connectivity index (χ4n) is 3.72. The van der Waals surface area contributed by atoms with Crippen LogP contribution < -0.4 is 16.4 Å². The maximum atomic E-state index is 6.12. The molecule has 3 rings (SSSR count). The van der Waals surface area contributed by atoms with Crippen LogP contribution in [0.2, 0.25) is 0 Å². The van der Waals surface area contributed by atoms with Gasteiger partial charge in [0.2, 0.25) is 0 Å². The number of nitrogen functional groups attached to an aromatic ring is 1. The zero-order valence-electron chi connectivity index (χ0n) is 11.9. The number of hydrogen-bond donors (Lipinski definition) is 3. The van der Waals surface area contributed by atoms with E-state index in [0.29, 0.717) is 11.5 Å². The quantitative estimate of drug-likeness (QED) is 0.718. The molecule has 4 heteroatoms. The summed E-state index contributed by atoms with van der Waals surface area (Å²) in [5.74, 6) is 0. The average molecular weight is 260 g/mol. The summed E-state index contributed by atoms with van der Waals surface area (Å²) in [6.45, 7) is 3.40. The summed E-state index contributed by atoms with van der Waals surface area (Å²) in [5, 5.41) is 6.73. The highest BCUT2D eigenvalue weighted by atomic mass is 15.2. The van der Waals surface area contributed by atoms with Gasteiger partial charge in [-0.2, -0.15) is 0 Å². The lowest BCUT2D eigenvalue weighted by molar-refractivity contribution is -0.0513. The van der Waals surface area contributed by atoms with Gasteiger partial charge < -0.3 is 21.3 Å². The first-order chi connectivity index (χ1) is 9.10. The van der Waals surface area contributed by atoms with Crippen molar-refractivity contribution in [3.63, 3.8) is 0 Å². The van der Waals surface area contributed by atoms with Crippen molar-refractivity contribution in [3.05, 3.63) is 23.8 Å². The van der Waals surface area contributed by atoms with Gasteiger partial charge in [0.05, 0.1) is 11.4 Å². The number of anilines is 2. The molecule has 1 saturated carbocycles. The number of hydrogen-bond acceptors (Lipinski definition) is 4. The van der Waals surface area contributed by atoms with Gasteiger partial charge in [0.25, 0.3) is 0 Å². The van der Waals surface area contributed by atoms with Crippen molar-refractivity contribution in [2.24, 2.45) is 5.41 Å². The summed E-state index contributed by atoms with van der Waals surface area (Å²) in [4.78, 5) is 2.40. The van der Waals surface area contributed by atoms with Crippen LogP contribution >= 0.6 is 0 Å². The standard InChI is InChI=1S/C15H24N4/c1-17-8-11-3-4-14(13(16)5-11)18-12-6-15(7-12)9-19(2)10-15/h3-5,12,17-18H,6-10,16H2,1-2H3. The monoisotopic (exact) mass is 260 g/mol. The van der Waals surface area contributed by atoms with E-state index in [1.165, 1.54) is 31.5 Å². The van der Waals surface area contributed by atoms with Gasteiger partial charge in [-0.15, -0.1) is 0 Å². The molecule has 1 aromatic carbocycles. The van der Waals surface area contributed by atoms with Crippen LogP contribution in [0.4, 0.5) is 11.4 Å². The largest absolute Gasteiger partial charge is 0.397 e. The number of rotatable bonds is 4. The zero-order chi connectivity index (χ0) is 13.5. The molecule has 19 heavy (non-hydrogen) atoms. The third-order valence-corrected chi connectivity index (χ3v) is 4.43. The Kier molecular flexibility index (Phi) is 3.15. The molecule has 1 aliphatic carbocycles. The van der Waals surface area contributed by atoms with Crippen molar-refractivity contribution in [1.29, 1.82) is 0 Å². The van der Waals surface area contributed by atoms with Crippen molar-refractivity contribution in [1.82, 2.24) is 10.2 Å². The van der Waals surface area contributed by atoms with E-state index in [1.807, 2.05) is 7.05 Å². The molecule has 4 nitrogen and oxygen atoms in total. The molecule has 1 spiro atoms. The molecule has 1 aliphatic heterocycles. The molecule has 104 valence electrons. The fourth-order valence-corrected chi connectivity index (χ4v) is 3.72. The van der Waals surface area contributed by atoms with Crippen LogP contribution in [0.15, 0.2) is 18.2 Å². The normalized spacial score (nSPS) is 22.0. The SMILES string of the molecule is CNCc1ccc(NC2CC3(C2)CN(C)C3)c(N)c1. The van der Waals surface area contributed by atoms with Crippen LogP contribution in [-0.4, -0.2) is 38.1 Å². The molecule has 4 N–H and O–H groups in total. The van der Waals surface area contributed by atoms with E-state index in [9.17, 15) is 0 Å². The van der Waals surface area contributed by atoms with Gasteiger partial charge in [0, 0.05) is 25.7 Å². The van der Waals surface area contributed by atoms with E-state index in [4.69, 9.17) is 5.73 Å². The van der Waals surface area contributed by atoms with Crippen LogP contribution in [0, 0.1) is 5.41 Å². The maximum Gasteiger partial charge on any atom is 0.0576 e. The minimum absolute atomic E-state index is 0.603. The second-order valence-corrected chi connectivity index (χ2v) is 6.37. The highest BCUT2D eigenvalue weighted by Gasteiger charge is 2.50. The summed E-state index contributed by atoms with van der Waals surface area (Å²) >= 11 is 0. The molecule has 1 aromatic rings. The van der Waals surface area contributed by atoms with E-state index >= 15 is 0 Å². The zero-order valence-corrected chi connectivity index (χ0v) is 11.9. The predicted octanol–water partition coefficient (Wildman–Crippen LogP) is 1.49. The molecule has 0 amide bonds. The number of benzene rings is 1.